The van der Waals surface area contributed by atoms with Gasteiger partial charge in [0.15, 0.2) is 0 Å². The molecule has 0 aromatic rings. The molecule has 1 atom stereocenters. The second-order valence-corrected chi connectivity index (χ2v) is 9.20. The number of hydrazine groups is 1. The van der Waals surface area contributed by atoms with E-state index in [1.54, 1.807) is 0 Å². The van der Waals surface area contributed by atoms with Crippen LogP contribution in [-0.4, -0.2) is 68.7 Å². The lowest BCUT2D eigenvalue weighted by Gasteiger charge is -2.21. The molecule has 0 radical (unpaired) electrons. The molecule has 9 heteroatoms. The first kappa shape index (κ1) is 32.7. The average molecular weight is 486 g/mol. The third kappa shape index (κ3) is 21.3. The highest BCUT2D eigenvalue weighted by atomic mass is 16.2. The fraction of sp³-hybridized carbons (Fsp3) is 0.920. The first-order valence-electron chi connectivity index (χ1n) is 13.7. The van der Waals surface area contributed by atoms with Gasteiger partial charge < -0.3 is 27.4 Å². The largest absolute Gasteiger partial charge is 0.356 e. The number of nitrogens with zero attached hydrogens (tertiary/aromatic N) is 1. The van der Waals surface area contributed by atoms with Gasteiger partial charge in [0.1, 0.15) is 0 Å². The Morgan fingerprint density at radius 2 is 1.35 bits per heavy atom. The highest BCUT2D eigenvalue weighted by Crippen LogP contribution is 2.07. The summed E-state index contributed by atoms with van der Waals surface area (Å²) in [7, 11) is 0. The van der Waals surface area contributed by atoms with E-state index in [1.807, 2.05) is 0 Å². The highest BCUT2D eigenvalue weighted by Gasteiger charge is 2.17. The second kappa shape index (κ2) is 24.9. The molecule has 0 heterocycles. The van der Waals surface area contributed by atoms with Gasteiger partial charge in [0.2, 0.25) is 5.91 Å². The van der Waals surface area contributed by atoms with Gasteiger partial charge in [0.05, 0.1) is 6.04 Å². The molecular weight excluding hydrogens is 430 g/mol. The van der Waals surface area contributed by atoms with E-state index in [0.717, 1.165) is 84.1 Å². The lowest BCUT2D eigenvalue weighted by Crippen LogP contribution is -2.48. The van der Waals surface area contributed by atoms with Gasteiger partial charge in [-0.3, -0.25) is 14.6 Å². The van der Waals surface area contributed by atoms with Gasteiger partial charge in [0.25, 0.3) is 5.91 Å². The average Bonchev–Trinajstić information content (AvgIpc) is 2.83. The Labute approximate surface area is 208 Å². The summed E-state index contributed by atoms with van der Waals surface area (Å²) in [5.41, 5.74) is 11.5. The fourth-order valence-corrected chi connectivity index (χ4v) is 3.67. The van der Waals surface area contributed by atoms with Crippen LogP contribution < -0.4 is 33.3 Å². The summed E-state index contributed by atoms with van der Waals surface area (Å²) in [6, 6.07) is -0.580. The quantitative estimate of drug-likeness (QED) is 0.0499. The van der Waals surface area contributed by atoms with Crippen LogP contribution in [0.2, 0.25) is 0 Å². The van der Waals surface area contributed by atoms with Crippen molar-refractivity contribution >= 4 is 11.8 Å². The van der Waals surface area contributed by atoms with Crippen molar-refractivity contribution in [1.82, 2.24) is 21.0 Å². The van der Waals surface area contributed by atoms with Gasteiger partial charge in [-0.15, -0.1) is 0 Å². The molecule has 2 amide bonds. The van der Waals surface area contributed by atoms with Gasteiger partial charge in [-0.2, -0.15) is 0 Å². The van der Waals surface area contributed by atoms with Crippen molar-refractivity contribution in [3.63, 3.8) is 0 Å². The molecule has 0 saturated heterocycles. The molecule has 0 saturated carbocycles. The van der Waals surface area contributed by atoms with E-state index < -0.39 is 6.04 Å². The molecular formula is C25H55N7O2. The van der Waals surface area contributed by atoms with Gasteiger partial charge in [-0.05, 0) is 84.1 Å². The number of nitrogens with two attached hydrogens (primary N) is 3. The maximum absolute atomic E-state index is 12.3. The van der Waals surface area contributed by atoms with Crippen LogP contribution in [0.15, 0.2) is 0 Å². The minimum atomic E-state index is -0.580. The summed E-state index contributed by atoms with van der Waals surface area (Å²) in [4.78, 5) is 24.2. The SMILES string of the molecule is CCCCCCCCC(=O)NCCCC[C@@H](N)C(=O)N(N)CCCNCCCCNCCCN. The molecule has 0 fully saturated rings. The first-order valence-corrected chi connectivity index (χ1v) is 13.7. The molecule has 34 heavy (non-hydrogen) atoms. The van der Waals surface area contributed by atoms with Crippen molar-refractivity contribution < 1.29 is 9.59 Å². The van der Waals surface area contributed by atoms with Gasteiger partial charge in [-0.25, -0.2) is 5.84 Å². The second-order valence-electron chi connectivity index (χ2n) is 9.20. The van der Waals surface area contributed by atoms with E-state index in [4.69, 9.17) is 17.3 Å². The van der Waals surface area contributed by atoms with Gasteiger partial charge in [0, 0.05) is 19.5 Å². The number of unbranched alkanes of at least 4 members (excludes halogenated alkanes) is 7. The van der Waals surface area contributed by atoms with Gasteiger partial charge >= 0.3 is 0 Å². The number of hydrogen-bond donors (Lipinski definition) is 6. The number of nitrogens with one attached hydrogen (secondary N) is 3. The molecule has 202 valence electrons. The predicted molar refractivity (Wildman–Crippen MR) is 142 cm³/mol. The lowest BCUT2D eigenvalue weighted by molar-refractivity contribution is -0.133. The molecule has 9 nitrogen and oxygen atoms in total. The molecule has 0 aliphatic carbocycles. The van der Waals surface area contributed by atoms with Crippen molar-refractivity contribution in [1.29, 1.82) is 0 Å². The molecule has 0 bridgehead atoms. The lowest BCUT2D eigenvalue weighted by atomic mass is 10.1. The smallest absolute Gasteiger partial charge is 0.253 e. The molecule has 0 unspecified atom stereocenters. The van der Waals surface area contributed by atoms with Crippen molar-refractivity contribution in [2.75, 3.05) is 45.8 Å². The van der Waals surface area contributed by atoms with Crippen LogP contribution in [0.3, 0.4) is 0 Å². The van der Waals surface area contributed by atoms with Crippen LogP contribution in [0.1, 0.15) is 96.8 Å². The molecule has 0 aromatic heterocycles. The van der Waals surface area contributed by atoms with Crippen molar-refractivity contribution in [2.45, 2.75) is 103 Å². The van der Waals surface area contributed by atoms with Crippen LogP contribution in [0, 0.1) is 0 Å². The highest BCUT2D eigenvalue weighted by molar-refractivity contribution is 5.81. The molecule has 0 rings (SSSR count). The van der Waals surface area contributed by atoms with Crippen LogP contribution in [0.25, 0.3) is 0 Å². The van der Waals surface area contributed by atoms with E-state index in [2.05, 4.69) is 22.9 Å². The molecule has 0 aliphatic heterocycles. The Kier molecular flexibility index (Phi) is 23.9. The van der Waals surface area contributed by atoms with Crippen molar-refractivity contribution in [2.24, 2.45) is 17.3 Å². The molecule has 9 N–H and O–H groups in total. The number of carbonyl (C=O) groups is 2. The van der Waals surface area contributed by atoms with Crippen molar-refractivity contribution in [3.8, 4) is 0 Å². The Morgan fingerprint density at radius 1 is 0.765 bits per heavy atom. The summed E-state index contributed by atoms with van der Waals surface area (Å²) in [5, 5.41) is 11.0. The van der Waals surface area contributed by atoms with Crippen LogP contribution in [-0.2, 0) is 9.59 Å². The van der Waals surface area contributed by atoms with E-state index in [-0.39, 0.29) is 11.8 Å². The summed E-state index contributed by atoms with van der Waals surface area (Å²) in [6.45, 7) is 7.88. The third-order valence-electron chi connectivity index (χ3n) is 5.89. The Bertz CT molecular complexity index is 480. The molecule has 0 aromatic carbocycles. The van der Waals surface area contributed by atoms with E-state index >= 15 is 0 Å². The maximum atomic E-state index is 12.3. The van der Waals surface area contributed by atoms with Crippen LogP contribution >= 0.6 is 0 Å². The standard InChI is InChI=1S/C25H55N7O2/c1-2-3-4-5-6-7-15-24(33)31-21-9-8-14-23(27)25(34)32(28)22-13-20-30-18-11-10-17-29-19-12-16-26/h23,29-30H,2-22,26-28H2,1H3,(H,31,33)/t23-/m1/s1. The zero-order chi connectivity index (χ0) is 25.3. The van der Waals surface area contributed by atoms with Crippen LogP contribution in [0.4, 0.5) is 0 Å². The Hall–Kier alpha value is -1.26. The van der Waals surface area contributed by atoms with Gasteiger partial charge in [-0.1, -0.05) is 39.0 Å². The summed E-state index contributed by atoms with van der Waals surface area (Å²) >= 11 is 0. The zero-order valence-corrected chi connectivity index (χ0v) is 21.9. The number of amides is 2. The number of rotatable bonds is 25. The summed E-state index contributed by atoms with van der Waals surface area (Å²) < 4.78 is 0. The first-order chi connectivity index (χ1) is 16.5. The molecule has 0 spiro atoms. The predicted octanol–water partition coefficient (Wildman–Crippen LogP) is 1.75. The van der Waals surface area contributed by atoms with E-state index in [1.165, 1.54) is 30.7 Å². The van der Waals surface area contributed by atoms with Crippen LogP contribution in [0.5, 0.6) is 0 Å². The Balaban J connectivity index is 3.57. The van der Waals surface area contributed by atoms with E-state index in [0.29, 0.717) is 25.9 Å². The zero-order valence-electron chi connectivity index (χ0n) is 21.9. The number of carbonyl (C=O) groups excluding carboxylic acids is 2. The Morgan fingerprint density at radius 3 is 2.03 bits per heavy atom. The minimum Gasteiger partial charge on any atom is -0.356 e. The molecule has 0 aliphatic rings. The monoisotopic (exact) mass is 485 g/mol. The minimum absolute atomic E-state index is 0.122. The fourth-order valence-electron chi connectivity index (χ4n) is 3.67. The maximum Gasteiger partial charge on any atom is 0.253 e. The summed E-state index contributed by atoms with van der Waals surface area (Å²) in [5.74, 6) is 5.80. The normalized spacial score (nSPS) is 12.0. The van der Waals surface area contributed by atoms with Crippen molar-refractivity contribution in [3.05, 3.63) is 0 Å². The summed E-state index contributed by atoms with van der Waals surface area (Å²) in [6.07, 6.45) is 14.0. The topological polar surface area (TPSA) is 152 Å². The number of hydrogen-bond acceptors (Lipinski definition) is 7. The third-order valence-corrected chi connectivity index (χ3v) is 5.89. The van der Waals surface area contributed by atoms with E-state index in [9.17, 15) is 9.59 Å².